The molecule has 3 aromatic rings. The van der Waals surface area contributed by atoms with E-state index in [1.54, 1.807) is 12.0 Å². The van der Waals surface area contributed by atoms with E-state index in [1.807, 2.05) is 24.3 Å². The molecule has 2 atom stereocenters. The predicted molar refractivity (Wildman–Crippen MR) is 137 cm³/mol. The number of amides is 2. The van der Waals surface area contributed by atoms with Gasteiger partial charge in [-0.05, 0) is 53.4 Å². The molecule has 3 N–H and O–H groups in total. The zero-order valence-corrected chi connectivity index (χ0v) is 20.6. The Bertz CT molecular complexity index is 1140. The number of carbonyl (C=O) groups excluding carboxylic acids is 1. The fourth-order valence-electron chi connectivity index (χ4n) is 4.25. The van der Waals surface area contributed by atoms with Gasteiger partial charge in [-0.15, -0.1) is 0 Å². The summed E-state index contributed by atoms with van der Waals surface area (Å²) >= 11 is 5.92. The maximum atomic E-state index is 13.6. The summed E-state index contributed by atoms with van der Waals surface area (Å²) in [6.07, 6.45) is 0.957. The van der Waals surface area contributed by atoms with Crippen molar-refractivity contribution in [3.8, 4) is 5.75 Å². The Hall–Kier alpha value is -3.13. The van der Waals surface area contributed by atoms with E-state index >= 15 is 0 Å². The second-order valence-corrected chi connectivity index (χ2v) is 9.05. The van der Waals surface area contributed by atoms with Crippen LogP contribution >= 0.6 is 11.6 Å². The Balaban J connectivity index is 1.54. The van der Waals surface area contributed by atoms with Crippen molar-refractivity contribution in [3.63, 3.8) is 0 Å². The number of hydrogen-bond acceptors (Lipinski definition) is 4. The van der Waals surface area contributed by atoms with E-state index in [0.717, 1.165) is 23.3 Å². The monoisotopic (exact) mass is 496 g/mol. The molecule has 3 aromatic carbocycles. The molecule has 35 heavy (non-hydrogen) atoms. The summed E-state index contributed by atoms with van der Waals surface area (Å²) in [6.45, 7) is 3.77. The van der Waals surface area contributed by atoms with Crippen LogP contribution in [0.15, 0.2) is 66.7 Å². The quantitative estimate of drug-likeness (QED) is 0.382. The van der Waals surface area contributed by atoms with Crippen molar-refractivity contribution in [3.05, 3.63) is 94.3 Å². The standard InChI is InChI=1S/C27H30ClFN4O2/c1-3-18-4-6-19(7-5-18)16-33(27(34)31-22-10-13-25(29)24(28)14-22)17-21-15-30-32-26(21)20-8-11-23(35-2)12-9-20/h4-14,21,26,30,32H,3,15-17H2,1-2H3,(H,31,34). The Morgan fingerprint density at radius 1 is 1.11 bits per heavy atom. The number of benzene rings is 3. The van der Waals surface area contributed by atoms with Crippen molar-refractivity contribution >= 4 is 23.3 Å². The zero-order valence-electron chi connectivity index (χ0n) is 19.9. The molecular formula is C27H30ClFN4O2. The highest BCUT2D eigenvalue weighted by Crippen LogP contribution is 2.28. The predicted octanol–water partition coefficient (Wildman–Crippen LogP) is 5.55. The molecule has 0 aliphatic carbocycles. The molecular weight excluding hydrogens is 467 g/mol. The van der Waals surface area contributed by atoms with Gasteiger partial charge < -0.3 is 15.0 Å². The van der Waals surface area contributed by atoms with Crippen molar-refractivity contribution < 1.29 is 13.9 Å². The molecule has 2 amide bonds. The molecule has 2 unspecified atom stereocenters. The highest BCUT2D eigenvalue weighted by molar-refractivity contribution is 6.31. The Morgan fingerprint density at radius 2 is 1.83 bits per heavy atom. The number of urea groups is 1. The number of nitrogens with zero attached hydrogens (tertiary/aromatic N) is 1. The van der Waals surface area contributed by atoms with Crippen LogP contribution in [0.2, 0.25) is 5.02 Å². The van der Waals surface area contributed by atoms with Crippen molar-refractivity contribution in [2.24, 2.45) is 5.92 Å². The number of nitrogens with one attached hydrogen (secondary N) is 3. The summed E-state index contributed by atoms with van der Waals surface area (Å²) in [4.78, 5) is 15.2. The van der Waals surface area contributed by atoms with Gasteiger partial charge in [0, 0.05) is 31.2 Å². The van der Waals surface area contributed by atoms with Crippen LogP contribution < -0.4 is 20.9 Å². The Morgan fingerprint density at radius 3 is 2.49 bits per heavy atom. The SMILES string of the molecule is CCc1ccc(CN(CC2CNNC2c2ccc(OC)cc2)C(=O)Nc2ccc(F)c(Cl)c2)cc1. The maximum absolute atomic E-state index is 13.6. The average molecular weight is 497 g/mol. The van der Waals surface area contributed by atoms with Crippen LogP contribution in [-0.4, -0.2) is 31.1 Å². The first-order valence-electron chi connectivity index (χ1n) is 11.7. The van der Waals surface area contributed by atoms with Gasteiger partial charge >= 0.3 is 6.03 Å². The Labute approximate surface area is 210 Å². The third kappa shape index (κ3) is 6.31. The van der Waals surface area contributed by atoms with E-state index in [9.17, 15) is 9.18 Å². The fourth-order valence-corrected chi connectivity index (χ4v) is 4.43. The summed E-state index contributed by atoms with van der Waals surface area (Å²) in [5, 5.41) is 2.84. The molecule has 0 saturated carbocycles. The van der Waals surface area contributed by atoms with Crippen LogP contribution in [0.3, 0.4) is 0 Å². The molecule has 6 nitrogen and oxygen atoms in total. The van der Waals surface area contributed by atoms with Gasteiger partial charge in [0.15, 0.2) is 0 Å². The molecule has 0 bridgehead atoms. The van der Waals surface area contributed by atoms with E-state index < -0.39 is 5.82 Å². The third-order valence-corrected chi connectivity index (χ3v) is 6.58. The molecule has 0 radical (unpaired) electrons. The van der Waals surface area contributed by atoms with Crippen molar-refractivity contribution in [1.29, 1.82) is 0 Å². The van der Waals surface area contributed by atoms with E-state index in [0.29, 0.717) is 25.3 Å². The summed E-state index contributed by atoms with van der Waals surface area (Å²) in [6, 6.07) is 20.1. The number of rotatable bonds is 8. The van der Waals surface area contributed by atoms with Gasteiger partial charge in [-0.25, -0.2) is 14.6 Å². The molecule has 1 aliphatic rings. The van der Waals surface area contributed by atoms with Crippen molar-refractivity contribution in [2.75, 3.05) is 25.5 Å². The molecule has 0 aromatic heterocycles. The lowest BCUT2D eigenvalue weighted by Gasteiger charge is -2.29. The van der Waals surface area contributed by atoms with Crippen LogP contribution in [-0.2, 0) is 13.0 Å². The number of hydrazine groups is 1. The number of carbonyl (C=O) groups is 1. The first-order valence-corrected chi connectivity index (χ1v) is 12.1. The summed E-state index contributed by atoms with van der Waals surface area (Å²) in [7, 11) is 1.64. The van der Waals surface area contributed by atoms with Crippen molar-refractivity contribution in [2.45, 2.75) is 25.9 Å². The normalized spacial score (nSPS) is 17.3. The largest absolute Gasteiger partial charge is 0.497 e. The van der Waals surface area contributed by atoms with Gasteiger partial charge in [0.25, 0.3) is 0 Å². The highest BCUT2D eigenvalue weighted by atomic mass is 35.5. The summed E-state index contributed by atoms with van der Waals surface area (Å²) in [5.74, 6) is 0.398. The van der Waals surface area contributed by atoms with Gasteiger partial charge in [-0.3, -0.25) is 5.43 Å². The second kappa shape index (κ2) is 11.5. The number of anilines is 1. The molecule has 0 spiro atoms. The van der Waals surface area contributed by atoms with E-state index in [2.05, 4.69) is 47.4 Å². The smallest absolute Gasteiger partial charge is 0.322 e. The lowest BCUT2D eigenvalue weighted by molar-refractivity contribution is 0.196. The Kier molecular flexibility index (Phi) is 8.23. The van der Waals surface area contributed by atoms with Crippen molar-refractivity contribution in [1.82, 2.24) is 15.8 Å². The molecule has 1 heterocycles. The van der Waals surface area contributed by atoms with Crippen LogP contribution in [0, 0.1) is 11.7 Å². The minimum absolute atomic E-state index is 0.0268. The number of hydrogen-bond donors (Lipinski definition) is 3. The molecule has 184 valence electrons. The molecule has 8 heteroatoms. The minimum Gasteiger partial charge on any atom is -0.497 e. The number of ether oxygens (including phenoxy) is 1. The first kappa shape index (κ1) is 25.0. The number of halogens is 2. The lowest BCUT2D eigenvalue weighted by atomic mass is 9.94. The van der Waals surface area contributed by atoms with E-state index in [-0.39, 0.29) is 23.0 Å². The van der Waals surface area contributed by atoms with Gasteiger partial charge in [-0.1, -0.05) is 54.9 Å². The zero-order chi connectivity index (χ0) is 24.8. The molecule has 1 saturated heterocycles. The average Bonchev–Trinajstić information content (AvgIpc) is 3.34. The molecule has 1 fully saturated rings. The summed E-state index contributed by atoms with van der Waals surface area (Å²) in [5.41, 5.74) is 10.4. The third-order valence-electron chi connectivity index (χ3n) is 6.29. The number of methoxy groups -OCH3 is 1. The van der Waals surface area contributed by atoms with Crippen LogP contribution in [0.25, 0.3) is 0 Å². The summed E-state index contributed by atoms with van der Waals surface area (Å²) < 4.78 is 18.9. The van der Waals surface area contributed by atoms with Gasteiger partial charge in [0.05, 0.1) is 18.2 Å². The minimum atomic E-state index is -0.525. The fraction of sp³-hybridized carbons (Fsp3) is 0.296. The van der Waals surface area contributed by atoms with Gasteiger partial charge in [0.1, 0.15) is 11.6 Å². The van der Waals surface area contributed by atoms with Gasteiger partial charge in [0.2, 0.25) is 0 Å². The maximum Gasteiger partial charge on any atom is 0.322 e. The topological polar surface area (TPSA) is 65.6 Å². The lowest BCUT2D eigenvalue weighted by Crippen LogP contribution is -2.39. The van der Waals surface area contributed by atoms with Gasteiger partial charge in [-0.2, -0.15) is 0 Å². The second-order valence-electron chi connectivity index (χ2n) is 8.65. The van der Waals surface area contributed by atoms with Crippen LogP contribution in [0.4, 0.5) is 14.9 Å². The molecule has 4 rings (SSSR count). The van der Waals surface area contributed by atoms with E-state index in [4.69, 9.17) is 16.3 Å². The van der Waals surface area contributed by atoms with Crippen LogP contribution in [0.1, 0.15) is 29.7 Å². The first-order chi connectivity index (χ1) is 17.0. The number of aryl methyl sites for hydroxylation is 1. The highest BCUT2D eigenvalue weighted by Gasteiger charge is 2.31. The van der Waals surface area contributed by atoms with E-state index in [1.165, 1.54) is 23.8 Å². The molecule has 1 aliphatic heterocycles. The van der Waals surface area contributed by atoms with Crippen LogP contribution in [0.5, 0.6) is 5.75 Å².